The first kappa shape index (κ1) is 15.7. The summed E-state index contributed by atoms with van der Waals surface area (Å²) in [5.74, 6) is -0.161. The summed E-state index contributed by atoms with van der Waals surface area (Å²) in [5, 5.41) is 3.39. The van der Waals surface area contributed by atoms with E-state index < -0.39 is 0 Å². The van der Waals surface area contributed by atoms with Gasteiger partial charge in [0.25, 0.3) is 0 Å². The average Bonchev–Trinajstić information content (AvgIpc) is 2.39. The van der Waals surface area contributed by atoms with E-state index in [1.54, 1.807) is 12.1 Å². The van der Waals surface area contributed by atoms with Gasteiger partial charge in [0.05, 0.1) is 0 Å². The second kappa shape index (κ2) is 6.86. The Labute approximate surface area is 127 Å². The van der Waals surface area contributed by atoms with Crippen molar-refractivity contribution in [3.63, 3.8) is 0 Å². The Balaban J connectivity index is 2.12. The molecular formula is C19H24FN. The van der Waals surface area contributed by atoms with Crippen LogP contribution in [0, 0.1) is 26.6 Å². The molecule has 0 aromatic heterocycles. The second-order valence-electron chi connectivity index (χ2n) is 5.96. The van der Waals surface area contributed by atoms with Gasteiger partial charge in [0.15, 0.2) is 0 Å². The van der Waals surface area contributed by atoms with E-state index in [0.717, 1.165) is 18.4 Å². The molecule has 1 nitrogen and oxygen atoms in total. The van der Waals surface area contributed by atoms with Crippen LogP contribution in [0.5, 0.6) is 0 Å². The molecule has 0 aliphatic carbocycles. The van der Waals surface area contributed by atoms with Crippen LogP contribution in [0.2, 0.25) is 0 Å². The van der Waals surface area contributed by atoms with Crippen molar-refractivity contribution in [3.8, 4) is 0 Å². The highest BCUT2D eigenvalue weighted by molar-refractivity contribution is 5.31. The zero-order valence-corrected chi connectivity index (χ0v) is 13.3. The van der Waals surface area contributed by atoms with E-state index in [4.69, 9.17) is 0 Å². The summed E-state index contributed by atoms with van der Waals surface area (Å²) in [7, 11) is 1.99. The highest BCUT2D eigenvalue weighted by atomic mass is 19.1. The largest absolute Gasteiger partial charge is 0.316 e. The first-order valence-electron chi connectivity index (χ1n) is 7.47. The smallest absolute Gasteiger partial charge is 0.123 e. The molecule has 0 radical (unpaired) electrons. The Morgan fingerprint density at radius 3 is 2.19 bits per heavy atom. The third-order valence-electron chi connectivity index (χ3n) is 3.94. The van der Waals surface area contributed by atoms with E-state index in [0.29, 0.717) is 6.04 Å². The van der Waals surface area contributed by atoms with Crippen LogP contribution < -0.4 is 5.32 Å². The summed E-state index contributed by atoms with van der Waals surface area (Å²) in [5.41, 5.74) is 6.19. The summed E-state index contributed by atoms with van der Waals surface area (Å²) in [6.45, 7) is 6.24. The first-order chi connectivity index (χ1) is 9.97. The monoisotopic (exact) mass is 285 g/mol. The molecule has 2 aromatic carbocycles. The Hall–Kier alpha value is -1.67. The van der Waals surface area contributed by atoms with Crippen molar-refractivity contribution in [2.75, 3.05) is 7.05 Å². The summed E-state index contributed by atoms with van der Waals surface area (Å²) >= 11 is 0. The Morgan fingerprint density at radius 1 is 0.952 bits per heavy atom. The molecule has 1 N–H and O–H groups in total. The van der Waals surface area contributed by atoms with E-state index in [1.807, 2.05) is 20.0 Å². The van der Waals surface area contributed by atoms with E-state index in [9.17, 15) is 4.39 Å². The molecule has 21 heavy (non-hydrogen) atoms. The Morgan fingerprint density at radius 2 is 1.62 bits per heavy atom. The molecular weight excluding hydrogens is 261 g/mol. The molecule has 0 spiro atoms. The van der Waals surface area contributed by atoms with Gasteiger partial charge < -0.3 is 5.32 Å². The van der Waals surface area contributed by atoms with E-state index >= 15 is 0 Å². The summed E-state index contributed by atoms with van der Waals surface area (Å²) < 4.78 is 13.2. The molecule has 2 heteroatoms. The number of hydrogen-bond donors (Lipinski definition) is 1. The SMILES string of the molecule is CNC(Cc1cc(C)cc(C)c1)Cc1ccc(F)cc1C. The second-order valence-corrected chi connectivity index (χ2v) is 5.96. The fourth-order valence-electron chi connectivity index (χ4n) is 2.90. The van der Waals surface area contributed by atoms with Crippen LogP contribution in [0.4, 0.5) is 4.39 Å². The van der Waals surface area contributed by atoms with Gasteiger partial charge in [0, 0.05) is 6.04 Å². The van der Waals surface area contributed by atoms with Gasteiger partial charge in [0.2, 0.25) is 0 Å². The molecule has 0 fully saturated rings. The highest BCUT2D eigenvalue weighted by Gasteiger charge is 2.11. The standard InChI is InChI=1S/C19H24FN/c1-13-7-14(2)9-16(8-13)11-19(21-4)12-17-5-6-18(20)10-15(17)3/h5-10,19,21H,11-12H2,1-4H3. The van der Waals surface area contributed by atoms with E-state index in [-0.39, 0.29) is 5.82 Å². The minimum atomic E-state index is -0.161. The summed E-state index contributed by atoms with van der Waals surface area (Å²) in [6.07, 6.45) is 1.89. The van der Waals surface area contributed by atoms with Gasteiger partial charge in [0.1, 0.15) is 5.82 Å². The predicted molar refractivity (Wildman–Crippen MR) is 87.3 cm³/mol. The van der Waals surface area contributed by atoms with Crippen LogP contribution in [0.15, 0.2) is 36.4 Å². The lowest BCUT2D eigenvalue weighted by atomic mass is 9.95. The highest BCUT2D eigenvalue weighted by Crippen LogP contribution is 2.16. The van der Waals surface area contributed by atoms with E-state index in [1.165, 1.54) is 22.3 Å². The first-order valence-corrected chi connectivity index (χ1v) is 7.47. The van der Waals surface area contributed by atoms with Crippen LogP contribution in [0.1, 0.15) is 27.8 Å². The zero-order valence-electron chi connectivity index (χ0n) is 13.3. The Kier molecular flexibility index (Phi) is 5.13. The normalized spacial score (nSPS) is 12.4. The van der Waals surface area contributed by atoms with Crippen LogP contribution in [0.25, 0.3) is 0 Å². The fraction of sp³-hybridized carbons (Fsp3) is 0.368. The van der Waals surface area contributed by atoms with Gasteiger partial charge in [-0.25, -0.2) is 4.39 Å². The van der Waals surface area contributed by atoms with Crippen molar-refractivity contribution >= 4 is 0 Å². The lowest BCUT2D eigenvalue weighted by Crippen LogP contribution is -2.30. The molecule has 0 saturated heterocycles. The van der Waals surface area contributed by atoms with Gasteiger partial charge in [-0.1, -0.05) is 35.4 Å². The molecule has 2 aromatic rings. The molecule has 112 valence electrons. The number of aryl methyl sites for hydroxylation is 3. The molecule has 1 unspecified atom stereocenters. The Bertz CT molecular complexity index is 599. The van der Waals surface area contributed by atoms with Gasteiger partial charge in [-0.3, -0.25) is 0 Å². The predicted octanol–water partition coefficient (Wildman–Crippen LogP) is 4.12. The number of nitrogens with one attached hydrogen (secondary N) is 1. The van der Waals surface area contributed by atoms with Gasteiger partial charge in [-0.2, -0.15) is 0 Å². The van der Waals surface area contributed by atoms with Gasteiger partial charge >= 0.3 is 0 Å². The molecule has 0 heterocycles. The lowest BCUT2D eigenvalue weighted by molar-refractivity contribution is 0.553. The number of hydrogen-bond acceptors (Lipinski definition) is 1. The van der Waals surface area contributed by atoms with Gasteiger partial charge in [-0.15, -0.1) is 0 Å². The summed E-state index contributed by atoms with van der Waals surface area (Å²) in [4.78, 5) is 0. The van der Waals surface area contributed by atoms with Crippen molar-refractivity contribution in [2.24, 2.45) is 0 Å². The lowest BCUT2D eigenvalue weighted by Gasteiger charge is -2.18. The van der Waals surface area contributed by atoms with Crippen LogP contribution >= 0.6 is 0 Å². The number of benzene rings is 2. The topological polar surface area (TPSA) is 12.0 Å². The van der Waals surface area contributed by atoms with Crippen molar-refractivity contribution in [1.29, 1.82) is 0 Å². The molecule has 0 bridgehead atoms. The number of likely N-dealkylation sites (N-methyl/N-ethyl adjacent to an activating group) is 1. The summed E-state index contributed by atoms with van der Waals surface area (Å²) in [6, 6.07) is 12.1. The van der Waals surface area contributed by atoms with Crippen molar-refractivity contribution in [3.05, 3.63) is 70.0 Å². The zero-order chi connectivity index (χ0) is 15.4. The van der Waals surface area contributed by atoms with Gasteiger partial charge in [-0.05, 0) is 69.5 Å². The van der Waals surface area contributed by atoms with Crippen LogP contribution in [-0.4, -0.2) is 13.1 Å². The molecule has 2 rings (SSSR count). The average molecular weight is 285 g/mol. The third kappa shape index (κ3) is 4.40. The number of halogens is 1. The van der Waals surface area contributed by atoms with E-state index in [2.05, 4.69) is 37.4 Å². The minimum Gasteiger partial charge on any atom is -0.316 e. The van der Waals surface area contributed by atoms with Crippen LogP contribution in [-0.2, 0) is 12.8 Å². The molecule has 0 aliphatic rings. The van der Waals surface area contributed by atoms with Crippen LogP contribution in [0.3, 0.4) is 0 Å². The third-order valence-corrected chi connectivity index (χ3v) is 3.94. The molecule has 0 saturated carbocycles. The fourth-order valence-corrected chi connectivity index (χ4v) is 2.90. The molecule has 0 aliphatic heterocycles. The minimum absolute atomic E-state index is 0.161. The quantitative estimate of drug-likeness (QED) is 0.871. The molecule has 1 atom stereocenters. The van der Waals surface area contributed by atoms with Crippen molar-refractivity contribution < 1.29 is 4.39 Å². The van der Waals surface area contributed by atoms with Crippen molar-refractivity contribution in [2.45, 2.75) is 39.7 Å². The molecule has 0 amide bonds. The maximum Gasteiger partial charge on any atom is 0.123 e. The number of rotatable bonds is 5. The maximum absolute atomic E-state index is 13.2. The maximum atomic E-state index is 13.2. The van der Waals surface area contributed by atoms with Crippen molar-refractivity contribution in [1.82, 2.24) is 5.32 Å².